The van der Waals surface area contributed by atoms with Gasteiger partial charge in [-0.25, -0.2) is 4.39 Å². The first-order valence-electron chi connectivity index (χ1n) is 8.53. The summed E-state index contributed by atoms with van der Waals surface area (Å²) in [5.41, 5.74) is 0.772. The van der Waals surface area contributed by atoms with E-state index in [1.54, 1.807) is 6.07 Å². The highest BCUT2D eigenvalue weighted by molar-refractivity contribution is 6.75. The Labute approximate surface area is 149 Å². The molecule has 0 aliphatic carbocycles. The summed E-state index contributed by atoms with van der Waals surface area (Å²) < 4.78 is 36.8. The third-order valence-corrected chi connectivity index (χ3v) is 6.51. The van der Waals surface area contributed by atoms with E-state index in [1.807, 2.05) is 51.1 Å². The Hall–Kier alpha value is -1.73. The summed E-state index contributed by atoms with van der Waals surface area (Å²) in [6.07, 6.45) is 0. The van der Waals surface area contributed by atoms with Crippen LogP contribution in [-0.4, -0.2) is 28.6 Å². The third-order valence-electron chi connectivity index (χ3n) is 3.49. The molecule has 25 heavy (non-hydrogen) atoms. The highest BCUT2D eigenvalue weighted by Gasteiger charge is 2.43. The minimum absolute atomic E-state index is 0.273. The van der Waals surface area contributed by atoms with Crippen molar-refractivity contribution in [1.29, 1.82) is 0 Å². The van der Waals surface area contributed by atoms with Crippen molar-refractivity contribution in [3.05, 3.63) is 59.9 Å². The molecule has 136 valence electrons. The van der Waals surface area contributed by atoms with Crippen molar-refractivity contribution in [3.8, 4) is 5.75 Å². The maximum atomic E-state index is 13.3. The van der Waals surface area contributed by atoms with Gasteiger partial charge in [0.15, 0.2) is 0 Å². The number of rotatable bonds is 10. The lowest BCUT2D eigenvalue weighted by atomic mass is 10.2. The van der Waals surface area contributed by atoms with Gasteiger partial charge in [-0.2, -0.15) is 0 Å². The fraction of sp³-hybridized carbons (Fsp3) is 0.368. The number of benzene rings is 2. The molecule has 0 atom stereocenters. The van der Waals surface area contributed by atoms with Crippen molar-refractivity contribution in [2.45, 2.75) is 27.4 Å². The molecule has 0 heterocycles. The van der Waals surface area contributed by atoms with Gasteiger partial charge in [0, 0.05) is 25.0 Å². The zero-order valence-corrected chi connectivity index (χ0v) is 16.0. The van der Waals surface area contributed by atoms with E-state index in [1.165, 1.54) is 12.1 Å². The van der Waals surface area contributed by atoms with Gasteiger partial charge in [-0.05, 0) is 50.6 Å². The Kier molecular flexibility index (Phi) is 7.58. The molecular weight excluding hydrogens is 339 g/mol. The molecule has 2 rings (SSSR count). The summed E-state index contributed by atoms with van der Waals surface area (Å²) in [6, 6.07) is 13.9. The van der Waals surface area contributed by atoms with Crippen LogP contribution in [0.5, 0.6) is 5.75 Å². The standard InChI is InChI=1S/C19H25FO4Si/c1-4-22-25(23-5-2,24-6-3)19-12-8-11-18(14-19)21-15-16-9-7-10-17(20)13-16/h7-14H,4-6,15H2,1-3H3. The zero-order valence-electron chi connectivity index (χ0n) is 15.0. The van der Waals surface area contributed by atoms with Crippen LogP contribution in [0.2, 0.25) is 0 Å². The largest absolute Gasteiger partial charge is 0.537 e. The second-order valence-electron chi connectivity index (χ2n) is 5.30. The Bertz CT molecular complexity index is 648. The van der Waals surface area contributed by atoms with Crippen LogP contribution in [0.1, 0.15) is 26.3 Å². The van der Waals surface area contributed by atoms with Gasteiger partial charge in [0.1, 0.15) is 18.2 Å². The molecule has 6 heteroatoms. The van der Waals surface area contributed by atoms with E-state index in [2.05, 4.69) is 0 Å². The van der Waals surface area contributed by atoms with Crippen LogP contribution in [-0.2, 0) is 19.9 Å². The SMILES string of the molecule is CCO[Si](OCC)(OCC)c1cccc(OCc2cccc(F)c2)c1. The van der Waals surface area contributed by atoms with Gasteiger partial charge in [0.25, 0.3) is 0 Å². The van der Waals surface area contributed by atoms with E-state index in [4.69, 9.17) is 18.0 Å². The molecule has 0 saturated carbocycles. The van der Waals surface area contributed by atoms with Gasteiger partial charge in [-0.15, -0.1) is 0 Å². The average Bonchev–Trinajstić information content (AvgIpc) is 2.61. The van der Waals surface area contributed by atoms with Crippen LogP contribution >= 0.6 is 0 Å². The summed E-state index contributed by atoms with van der Waals surface area (Å²) in [5.74, 6) is 0.392. The molecule has 0 aliphatic rings. The van der Waals surface area contributed by atoms with Gasteiger partial charge in [0.05, 0.1) is 0 Å². The molecule has 0 N–H and O–H groups in total. The van der Waals surface area contributed by atoms with Crippen LogP contribution in [0.15, 0.2) is 48.5 Å². The van der Waals surface area contributed by atoms with Crippen LogP contribution in [0.3, 0.4) is 0 Å². The predicted octanol–water partition coefficient (Wildman–Crippen LogP) is 3.66. The molecule has 0 bridgehead atoms. The lowest BCUT2D eigenvalue weighted by molar-refractivity contribution is 0.0858. The quantitative estimate of drug-likeness (QED) is 0.603. The third kappa shape index (κ3) is 5.37. The molecule has 0 spiro atoms. The highest BCUT2D eigenvalue weighted by atomic mass is 28.4. The normalized spacial score (nSPS) is 11.5. The highest BCUT2D eigenvalue weighted by Crippen LogP contribution is 2.17. The lowest BCUT2D eigenvalue weighted by Crippen LogP contribution is -2.56. The van der Waals surface area contributed by atoms with Gasteiger partial charge in [0.2, 0.25) is 0 Å². The fourth-order valence-electron chi connectivity index (χ4n) is 2.51. The van der Waals surface area contributed by atoms with E-state index < -0.39 is 8.80 Å². The Morgan fingerprint density at radius 3 is 2.08 bits per heavy atom. The minimum atomic E-state index is -2.96. The Morgan fingerprint density at radius 1 is 0.840 bits per heavy atom. The maximum Gasteiger partial charge on any atom is 0.537 e. The average molecular weight is 364 g/mol. The molecule has 0 unspecified atom stereocenters. The second kappa shape index (κ2) is 9.67. The van der Waals surface area contributed by atoms with E-state index in [9.17, 15) is 4.39 Å². The summed E-state index contributed by atoms with van der Waals surface area (Å²) in [7, 11) is -2.96. The topological polar surface area (TPSA) is 36.9 Å². The second-order valence-corrected chi connectivity index (χ2v) is 7.86. The molecule has 0 fully saturated rings. The van der Waals surface area contributed by atoms with Crippen molar-refractivity contribution in [2.75, 3.05) is 19.8 Å². The lowest BCUT2D eigenvalue weighted by Gasteiger charge is -2.28. The molecule has 0 aromatic heterocycles. The van der Waals surface area contributed by atoms with E-state index in [0.717, 1.165) is 10.8 Å². The molecule has 2 aromatic carbocycles. The maximum absolute atomic E-state index is 13.3. The van der Waals surface area contributed by atoms with Crippen molar-refractivity contribution >= 4 is 14.0 Å². The molecule has 4 nitrogen and oxygen atoms in total. The fourth-order valence-corrected chi connectivity index (χ4v) is 5.02. The summed E-state index contributed by atoms with van der Waals surface area (Å²) in [4.78, 5) is 0. The smallest absolute Gasteiger partial charge is 0.489 e. The monoisotopic (exact) mass is 364 g/mol. The first kappa shape index (κ1) is 19.6. The van der Waals surface area contributed by atoms with Gasteiger partial charge < -0.3 is 18.0 Å². The van der Waals surface area contributed by atoms with Crippen molar-refractivity contribution < 1.29 is 22.4 Å². The molecule has 0 amide bonds. The van der Waals surface area contributed by atoms with E-state index in [0.29, 0.717) is 25.6 Å². The number of hydrogen-bond acceptors (Lipinski definition) is 4. The summed E-state index contributed by atoms with van der Waals surface area (Å²) >= 11 is 0. The summed E-state index contributed by atoms with van der Waals surface area (Å²) in [5, 5.41) is 0.856. The van der Waals surface area contributed by atoms with E-state index >= 15 is 0 Å². The molecule has 2 aromatic rings. The van der Waals surface area contributed by atoms with Crippen LogP contribution < -0.4 is 9.92 Å². The van der Waals surface area contributed by atoms with Gasteiger partial charge >= 0.3 is 8.80 Å². The van der Waals surface area contributed by atoms with E-state index in [-0.39, 0.29) is 12.4 Å². The van der Waals surface area contributed by atoms with Gasteiger partial charge in [-0.1, -0.05) is 24.3 Å². The number of ether oxygens (including phenoxy) is 1. The van der Waals surface area contributed by atoms with Crippen molar-refractivity contribution in [1.82, 2.24) is 0 Å². The van der Waals surface area contributed by atoms with Crippen LogP contribution in [0.4, 0.5) is 4.39 Å². The van der Waals surface area contributed by atoms with Crippen molar-refractivity contribution in [2.24, 2.45) is 0 Å². The summed E-state index contributed by atoms with van der Waals surface area (Å²) in [6.45, 7) is 7.55. The van der Waals surface area contributed by atoms with Crippen LogP contribution in [0.25, 0.3) is 0 Å². The Morgan fingerprint density at radius 2 is 1.48 bits per heavy atom. The zero-order chi connectivity index (χ0) is 18.1. The van der Waals surface area contributed by atoms with Crippen molar-refractivity contribution in [3.63, 3.8) is 0 Å². The number of hydrogen-bond donors (Lipinski definition) is 0. The van der Waals surface area contributed by atoms with Gasteiger partial charge in [-0.3, -0.25) is 0 Å². The predicted molar refractivity (Wildman–Crippen MR) is 97.4 cm³/mol. The molecule has 0 saturated heterocycles. The molecule has 0 radical (unpaired) electrons. The molecule has 0 aliphatic heterocycles. The number of halogens is 1. The Balaban J connectivity index is 2.19. The first-order chi connectivity index (χ1) is 12.1. The molecular formula is C19H25FO4Si. The minimum Gasteiger partial charge on any atom is -0.489 e. The first-order valence-corrected chi connectivity index (χ1v) is 10.3. The van der Waals surface area contributed by atoms with Crippen LogP contribution in [0, 0.1) is 5.82 Å².